The predicted octanol–water partition coefficient (Wildman–Crippen LogP) is 3.73. The number of unbranched alkanes of at least 4 members (excludes halogenated alkanes) is 5. The summed E-state index contributed by atoms with van der Waals surface area (Å²) in [5, 5.41) is 6.43. The molecule has 0 saturated carbocycles. The molecule has 0 fully saturated rings. The first-order chi connectivity index (χ1) is 9.26. The number of hydrogen-bond acceptors (Lipinski definition) is 5. The molecule has 0 spiro atoms. The zero-order valence-corrected chi connectivity index (χ0v) is 12.6. The molecule has 1 heterocycles. The Morgan fingerprint density at radius 1 is 0.842 bits per heavy atom. The first kappa shape index (κ1) is 16.0. The Balaban J connectivity index is 2.25. The fourth-order valence-corrected chi connectivity index (χ4v) is 1.93. The minimum Gasteiger partial charge on any atom is -0.354 e. The summed E-state index contributed by atoms with van der Waals surface area (Å²) >= 11 is 5.84. The third kappa shape index (κ3) is 7.15. The van der Waals surface area contributed by atoms with Crippen molar-refractivity contribution in [1.82, 2.24) is 15.0 Å². The van der Waals surface area contributed by atoms with Crippen LogP contribution in [-0.4, -0.2) is 28.0 Å². The molecule has 19 heavy (non-hydrogen) atoms. The zero-order valence-electron chi connectivity index (χ0n) is 11.9. The van der Waals surface area contributed by atoms with Crippen LogP contribution in [0.3, 0.4) is 0 Å². The molecule has 0 unspecified atom stereocenters. The second kappa shape index (κ2) is 9.78. The molecule has 0 aliphatic carbocycles. The van der Waals surface area contributed by atoms with E-state index in [1.54, 1.807) is 0 Å². The number of nitrogens with zero attached hydrogens (tertiary/aromatic N) is 3. The molecule has 0 aromatic carbocycles. The summed E-state index contributed by atoms with van der Waals surface area (Å²) in [6, 6.07) is 0. The smallest absolute Gasteiger partial charge is 0.228 e. The van der Waals surface area contributed by atoms with Crippen molar-refractivity contribution in [2.45, 2.75) is 52.4 Å². The van der Waals surface area contributed by atoms with Gasteiger partial charge in [-0.2, -0.15) is 15.0 Å². The van der Waals surface area contributed by atoms with Gasteiger partial charge >= 0.3 is 0 Å². The summed E-state index contributed by atoms with van der Waals surface area (Å²) < 4.78 is 0. The van der Waals surface area contributed by atoms with E-state index in [4.69, 9.17) is 11.6 Å². The summed E-state index contributed by atoms with van der Waals surface area (Å²) in [5.74, 6) is 1.07. The van der Waals surface area contributed by atoms with Gasteiger partial charge in [-0.3, -0.25) is 0 Å². The lowest BCUT2D eigenvalue weighted by Crippen LogP contribution is -2.09. The van der Waals surface area contributed by atoms with E-state index in [2.05, 4.69) is 32.5 Å². The van der Waals surface area contributed by atoms with E-state index in [-0.39, 0.29) is 5.28 Å². The molecule has 0 amide bonds. The summed E-state index contributed by atoms with van der Waals surface area (Å²) in [5.41, 5.74) is 0. The minimum absolute atomic E-state index is 0.219. The fraction of sp³-hybridized carbons (Fsp3) is 0.769. The van der Waals surface area contributed by atoms with Gasteiger partial charge in [0.2, 0.25) is 17.2 Å². The average Bonchev–Trinajstić information content (AvgIpc) is 2.37. The number of anilines is 2. The third-order valence-electron chi connectivity index (χ3n) is 2.76. The molecule has 0 radical (unpaired) electrons. The van der Waals surface area contributed by atoms with Crippen molar-refractivity contribution in [3.63, 3.8) is 0 Å². The van der Waals surface area contributed by atoms with Crippen LogP contribution in [-0.2, 0) is 0 Å². The highest BCUT2D eigenvalue weighted by Crippen LogP contribution is 2.10. The highest BCUT2D eigenvalue weighted by molar-refractivity contribution is 6.28. The van der Waals surface area contributed by atoms with Gasteiger partial charge in [0.15, 0.2) is 0 Å². The van der Waals surface area contributed by atoms with E-state index in [0.29, 0.717) is 11.9 Å². The maximum Gasteiger partial charge on any atom is 0.228 e. The van der Waals surface area contributed by atoms with Gasteiger partial charge in [0.25, 0.3) is 0 Å². The zero-order chi connectivity index (χ0) is 13.9. The number of rotatable bonds is 10. The third-order valence-corrected chi connectivity index (χ3v) is 2.93. The molecular weight excluding hydrogens is 262 g/mol. The highest BCUT2D eigenvalue weighted by atomic mass is 35.5. The van der Waals surface area contributed by atoms with Crippen LogP contribution in [0.15, 0.2) is 0 Å². The first-order valence-corrected chi connectivity index (χ1v) is 7.53. The van der Waals surface area contributed by atoms with Crippen molar-refractivity contribution in [2.75, 3.05) is 23.7 Å². The van der Waals surface area contributed by atoms with E-state index in [0.717, 1.165) is 19.5 Å². The van der Waals surface area contributed by atoms with Crippen LogP contribution in [0.5, 0.6) is 0 Å². The molecule has 6 heteroatoms. The van der Waals surface area contributed by atoms with Crippen LogP contribution in [0.1, 0.15) is 52.4 Å². The van der Waals surface area contributed by atoms with Gasteiger partial charge in [0.05, 0.1) is 0 Å². The van der Waals surface area contributed by atoms with Crippen LogP contribution in [0.4, 0.5) is 11.9 Å². The van der Waals surface area contributed by atoms with Crippen molar-refractivity contribution < 1.29 is 0 Å². The van der Waals surface area contributed by atoms with Crippen LogP contribution in [0, 0.1) is 0 Å². The normalized spacial score (nSPS) is 10.5. The van der Waals surface area contributed by atoms with Gasteiger partial charge in [-0.05, 0) is 24.9 Å². The van der Waals surface area contributed by atoms with Gasteiger partial charge in [-0.15, -0.1) is 0 Å². The fourth-order valence-electron chi connectivity index (χ4n) is 1.77. The van der Waals surface area contributed by atoms with E-state index < -0.39 is 0 Å². The molecule has 0 atom stereocenters. The standard InChI is InChI=1S/C13H24ClN5/c1-3-5-6-7-8-9-10-16-13-18-11(14)17-12(19-13)15-4-2/h3-10H2,1-2H3,(H2,15,16,17,18,19). The second-order valence-corrected chi connectivity index (χ2v) is 4.81. The van der Waals surface area contributed by atoms with E-state index in [9.17, 15) is 0 Å². The Labute approximate surface area is 120 Å². The quantitative estimate of drug-likeness (QED) is 0.641. The molecule has 108 valence electrons. The van der Waals surface area contributed by atoms with Crippen molar-refractivity contribution in [2.24, 2.45) is 0 Å². The number of nitrogens with one attached hydrogen (secondary N) is 2. The summed E-state index contributed by atoms with van der Waals surface area (Å²) in [7, 11) is 0. The Kier molecular flexibility index (Phi) is 8.21. The number of aromatic nitrogens is 3. The van der Waals surface area contributed by atoms with Crippen LogP contribution in [0.2, 0.25) is 5.28 Å². The van der Waals surface area contributed by atoms with E-state index in [1.165, 1.54) is 32.1 Å². The summed E-state index contributed by atoms with van der Waals surface area (Å²) in [6.07, 6.45) is 7.63. The summed E-state index contributed by atoms with van der Waals surface area (Å²) in [4.78, 5) is 12.3. The Hall–Kier alpha value is -1.10. The second-order valence-electron chi connectivity index (χ2n) is 4.48. The van der Waals surface area contributed by atoms with Gasteiger partial charge in [-0.1, -0.05) is 39.0 Å². The summed E-state index contributed by atoms with van der Waals surface area (Å²) in [6.45, 7) is 5.85. The van der Waals surface area contributed by atoms with Crippen LogP contribution < -0.4 is 10.6 Å². The molecule has 0 bridgehead atoms. The molecule has 1 aromatic heterocycles. The van der Waals surface area contributed by atoms with Gasteiger partial charge in [0, 0.05) is 13.1 Å². The van der Waals surface area contributed by atoms with Crippen molar-refractivity contribution in [3.05, 3.63) is 5.28 Å². The SMILES string of the molecule is CCCCCCCCNc1nc(Cl)nc(NCC)n1. The molecule has 0 aliphatic rings. The van der Waals surface area contributed by atoms with E-state index >= 15 is 0 Å². The predicted molar refractivity (Wildman–Crippen MR) is 80.9 cm³/mol. The molecule has 1 rings (SSSR count). The molecule has 0 saturated heterocycles. The Morgan fingerprint density at radius 2 is 1.47 bits per heavy atom. The Morgan fingerprint density at radius 3 is 2.16 bits per heavy atom. The molecule has 2 N–H and O–H groups in total. The monoisotopic (exact) mass is 285 g/mol. The van der Waals surface area contributed by atoms with E-state index in [1.807, 2.05) is 6.92 Å². The lowest BCUT2D eigenvalue weighted by molar-refractivity contribution is 0.616. The molecule has 0 aliphatic heterocycles. The van der Waals surface area contributed by atoms with Gasteiger partial charge in [-0.25, -0.2) is 0 Å². The average molecular weight is 286 g/mol. The maximum absolute atomic E-state index is 5.84. The van der Waals surface area contributed by atoms with Crippen molar-refractivity contribution >= 4 is 23.5 Å². The molecular formula is C13H24ClN5. The van der Waals surface area contributed by atoms with Crippen LogP contribution in [0.25, 0.3) is 0 Å². The topological polar surface area (TPSA) is 62.7 Å². The van der Waals surface area contributed by atoms with Crippen molar-refractivity contribution in [3.8, 4) is 0 Å². The highest BCUT2D eigenvalue weighted by Gasteiger charge is 2.03. The van der Waals surface area contributed by atoms with Gasteiger partial charge < -0.3 is 10.6 Å². The Bertz CT molecular complexity index is 359. The molecule has 5 nitrogen and oxygen atoms in total. The molecule has 1 aromatic rings. The van der Waals surface area contributed by atoms with Crippen LogP contribution >= 0.6 is 11.6 Å². The lowest BCUT2D eigenvalue weighted by atomic mass is 10.1. The van der Waals surface area contributed by atoms with Crippen molar-refractivity contribution in [1.29, 1.82) is 0 Å². The number of hydrogen-bond donors (Lipinski definition) is 2. The van der Waals surface area contributed by atoms with Gasteiger partial charge in [0.1, 0.15) is 0 Å². The first-order valence-electron chi connectivity index (χ1n) is 7.15. The lowest BCUT2D eigenvalue weighted by Gasteiger charge is -2.07. The maximum atomic E-state index is 5.84. The largest absolute Gasteiger partial charge is 0.354 e. The minimum atomic E-state index is 0.219. The number of halogens is 1.